The molecule has 0 unspecified atom stereocenters. The second kappa shape index (κ2) is 10.0. The number of hydrogen-bond donors (Lipinski definition) is 1. The SMILES string of the molecule is C=CCN(C)CCCC/C=C\C(=C(\C)N)c1ccccc1. The van der Waals surface area contributed by atoms with E-state index in [0.717, 1.165) is 30.8 Å². The number of rotatable bonds is 9. The zero-order chi connectivity index (χ0) is 15.5. The Morgan fingerprint density at radius 1 is 1.24 bits per heavy atom. The molecule has 0 aliphatic rings. The number of nitrogens with two attached hydrogens (primary N) is 1. The number of allylic oxidation sites excluding steroid dienone is 4. The van der Waals surface area contributed by atoms with E-state index in [2.05, 4.69) is 42.8 Å². The lowest BCUT2D eigenvalue weighted by atomic mass is 10.0. The van der Waals surface area contributed by atoms with Gasteiger partial charge in [-0.25, -0.2) is 0 Å². The van der Waals surface area contributed by atoms with E-state index in [9.17, 15) is 0 Å². The van der Waals surface area contributed by atoms with Crippen LogP contribution in [0.1, 0.15) is 31.7 Å². The summed E-state index contributed by atoms with van der Waals surface area (Å²) >= 11 is 0. The number of hydrogen-bond acceptors (Lipinski definition) is 2. The molecule has 1 aromatic carbocycles. The molecule has 0 aliphatic heterocycles. The molecule has 0 amide bonds. The van der Waals surface area contributed by atoms with Gasteiger partial charge in [-0.3, -0.25) is 0 Å². The Kier molecular flexibility index (Phi) is 8.22. The van der Waals surface area contributed by atoms with Crippen molar-refractivity contribution in [3.63, 3.8) is 0 Å². The van der Waals surface area contributed by atoms with Crippen LogP contribution in [0.15, 0.2) is 60.8 Å². The van der Waals surface area contributed by atoms with Gasteiger partial charge >= 0.3 is 0 Å². The molecule has 2 heteroatoms. The fraction of sp³-hybridized carbons (Fsp3) is 0.368. The van der Waals surface area contributed by atoms with Crippen LogP contribution in [0.2, 0.25) is 0 Å². The summed E-state index contributed by atoms with van der Waals surface area (Å²) in [6.45, 7) is 7.79. The van der Waals surface area contributed by atoms with Gasteiger partial charge in [-0.2, -0.15) is 0 Å². The van der Waals surface area contributed by atoms with Crippen molar-refractivity contribution in [2.75, 3.05) is 20.1 Å². The summed E-state index contributed by atoms with van der Waals surface area (Å²) < 4.78 is 0. The quantitative estimate of drug-likeness (QED) is 0.418. The lowest BCUT2D eigenvalue weighted by Crippen LogP contribution is -2.19. The lowest BCUT2D eigenvalue weighted by molar-refractivity contribution is 0.360. The molecule has 2 N–H and O–H groups in total. The number of likely N-dealkylation sites (N-methyl/N-ethyl adjacent to an activating group) is 1. The summed E-state index contributed by atoms with van der Waals surface area (Å²) in [6, 6.07) is 10.3. The highest BCUT2D eigenvalue weighted by Gasteiger charge is 1.99. The molecule has 114 valence electrons. The largest absolute Gasteiger partial charge is 0.402 e. The van der Waals surface area contributed by atoms with Crippen LogP contribution in [0.25, 0.3) is 5.57 Å². The van der Waals surface area contributed by atoms with Crippen molar-refractivity contribution in [1.82, 2.24) is 4.90 Å². The highest BCUT2D eigenvalue weighted by atomic mass is 15.1. The van der Waals surface area contributed by atoms with Crippen LogP contribution in [-0.2, 0) is 0 Å². The molecule has 0 aliphatic carbocycles. The van der Waals surface area contributed by atoms with Gasteiger partial charge in [-0.15, -0.1) is 6.58 Å². The van der Waals surface area contributed by atoms with Gasteiger partial charge in [0.05, 0.1) is 0 Å². The Bertz CT molecular complexity index is 468. The topological polar surface area (TPSA) is 29.3 Å². The van der Waals surface area contributed by atoms with E-state index in [1.807, 2.05) is 31.2 Å². The van der Waals surface area contributed by atoms with Gasteiger partial charge in [-0.05, 0) is 50.9 Å². The van der Waals surface area contributed by atoms with E-state index in [-0.39, 0.29) is 0 Å². The summed E-state index contributed by atoms with van der Waals surface area (Å²) in [5, 5.41) is 0. The van der Waals surface area contributed by atoms with Gasteiger partial charge in [0.25, 0.3) is 0 Å². The highest BCUT2D eigenvalue weighted by molar-refractivity contribution is 5.75. The summed E-state index contributed by atoms with van der Waals surface area (Å²) in [5.74, 6) is 0. The van der Waals surface area contributed by atoms with Crippen LogP contribution in [0.3, 0.4) is 0 Å². The molecule has 0 atom stereocenters. The Morgan fingerprint density at radius 3 is 2.57 bits per heavy atom. The fourth-order valence-corrected chi connectivity index (χ4v) is 2.23. The number of nitrogens with zero attached hydrogens (tertiary/aromatic N) is 1. The van der Waals surface area contributed by atoms with Crippen molar-refractivity contribution in [1.29, 1.82) is 0 Å². The summed E-state index contributed by atoms with van der Waals surface area (Å²) in [6.07, 6.45) is 9.82. The fourth-order valence-electron chi connectivity index (χ4n) is 2.23. The molecular formula is C19H28N2. The summed E-state index contributed by atoms with van der Waals surface area (Å²) in [5.41, 5.74) is 9.16. The van der Waals surface area contributed by atoms with Crippen molar-refractivity contribution < 1.29 is 0 Å². The summed E-state index contributed by atoms with van der Waals surface area (Å²) in [7, 11) is 2.13. The third-order valence-electron chi connectivity index (χ3n) is 3.40. The smallest absolute Gasteiger partial charge is 0.0157 e. The predicted molar refractivity (Wildman–Crippen MR) is 93.9 cm³/mol. The van der Waals surface area contributed by atoms with Gasteiger partial charge in [0, 0.05) is 12.2 Å². The van der Waals surface area contributed by atoms with Crippen LogP contribution in [0, 0.1) is 0 Å². The first-order valence-corrected chi connectivity index (χ1v) is 7.63. The van der Waals surface area contributed by atoms with Gasteiger partial charge in [-0.1, -0.05) is 48.6 Å². The third kappa shape index (κ3) is 6.96. The minimum Gasteiger partial charge on any atom is -0.402 e. The van der Waals surface area contributed by atoms with Gasteiger partial charge in [0.15, 0.2) is 0 Å². The first-order chi connectivity index (χ1) is 10.1. The molecule has 0 saturated heterocycles. The molecule has 0 fully saturated rings. The maximum atomic E-state index is 5.99. The highest BCUT2D eigenvalue weighted by Crippen LogP contribution is 2.18. The third-order valence-corrected chi connectivity index (χ3v) is 3.40. The average Bonchev–Trinajstić information content (AvgIpc) is 2.47. The first kappa shape index (κ1) is 17.3. The zero-order valence-electron chi connectivity index (χ0n) is 13.4. The van der Waals surface area contributed by atoms with Crippen molar-refractivity contribution >= 4 is 5.57 Å². The minimum atomic E-state index is 0.864. The molecule has 1 aromatic rings. The molecular weight excluding hydrogens is 256 g/mol. The molecule has 1 rings (SSSR count). The van der Waals surface area contributed by atoms with Crippen LogP contribution >= 0.6 is 0 Å². The van der Waals surface area contributed by atoms with Crippen molar-refractivity contribution in [3.8, 4) is 0 Å². The van der Waals surface area contributed by atoms with E-state index in [4.69, 9.17) is 5.73 Å². The van der Waals surface area contributed by atoms with E-state index >= 15 is 0 Å². The molecule has 0 aromatic heterocycles. The summed E-state index contributed by atoms with van der Waals surface area (Å²) in [4.78, 5) is 2.29. The Balaban J connectivity index is 2.41. The normalized spacial score (nSPS) is 12.7. The van der Waals surface area contributed by atoms with Crippen LogP contribution in [0.4, 0.5) is 0 Å². The van der Waals surface area contributed by atoms with Crippen molar-refractivity contribution in [3.05, 3.63) is 66.4 Å². The van der Waals surface area contributed by atoms with Crippen molar-refractivity contribution in [2.24, 2.45) is 5.73 Å². The van der Waals surface area contributed by atoms with Gasteiger partial charge < -0.3 is 10.6 Å². The van der Waals surface area contributed by atoms with E-state index in [0.29, 0.717) is 0 Å². The molecule has 0 spiro atoms. The second-order valence-corrected chi connectivity index (χ2v) is 5.41. The number of benzene rings is 1. The minimum absolute atomic E-state index is 0.864. The Morgan fingerprint density at radius 2 is 1.95 bits per heavy atom. The zero-order valence-corrected chi connectivity index (χ0v) is 13.4. The van der Waals surface area contributed by atoms with Crippen LogP contribution in [-0.4, -0.2) is 25.0 Å². The molecule has 21 heavy (non-hydrogen) atoms. The Hall–Kier alpha value is -1.80. The maximum Gasteiger partial charge on any atom is 0.0157 e. The maximum absolute atomic E-state index is 5.99. The lowest BCUT2D eigenvalue weighted by Gasteiger charge is -2.13. The number of unbranched alkanes of at least 4 members (excludes halogenated alkanes) is 2. The molecule has 0 heterocycles. The predicted octanol–water partition coefficient (Wildman–Crippen LogP) is 4.22. The van der Waals surface area contributed by atoms with Gasteiger partial charge in [0.1, 0.15) is 0 Å². The standard InChI is InChI=1S/C19H28N2/c1-4-15-21(3)16-11-6-5-10-14-19(17(2)20)18-12-8-7-9-13-18/h4,7-10,12-14H,1,5-6,11,15-16,20H2,2-3H3/b14-10-,19-17+. The van der Waals surface area contributed by atoms with E-state index < -0.39 is 0 Å². The second-order valence-electron chi connectivity index (χ2n) is 5.41. The van der Waals surface area contributed by atoms with E-state index in [1.54, 1.807) is 0 Å². The van der Waals surface area contributed by atoms with Crippen molar-refractivity contribution in [2.45, 2.75) is 26.2 Å². The molecule has 0 bridgehead atoms. The molecule has 0 radical (unpaired) electrons. The van der Waals surface area contributed by atoms with Gasteiger partial charge in [0.2, 0.25) is 0 Å². The molecule has 0 saturated carbocycles. The molecule has 2 nitrogen and oxygen atoms in total. The first-order valence-electron chi connectivity index (χ1n) is 7.63. The average molecular weight is 284 g/mol. The van der Waals surface area contributed by atoms with E-state index in [1.165, 1.54) is 18.4 Å². The van der Waals surface area contributed by atoms with Crippen LogP contribution in [0.5, 0.6) is 0 Å². The monoisotopic (exact) mass is 284 g/mol. The Labute approximate surface area is 129 Å². The van der Waals surface area contributed by atoms with Crippen LogP contribution < -0.4 is 5.73 Å².